The molecule has 1 aromatic heterocycles. The summed E-state index contributed by atoms with van der Waals surface area (Å²) < 4.78 is 10.5. The molecule has 0 aliphatic carbocycles. The number of carbonyl (C=O) groups is 2. The molecule has 1 aromatic carbocycles. The van der Waals surface area contributed by atoms with E-state index in [1.54, 1.807) is 6.20 Å². The average molecular weight is 329 g/mol. The number of nitrogens with one attached hydrogen (secondary N) is 1. The van der Waals surface area contributed by atoms with Crippen LogP contribution in [0.15, 0.2) is 40.9 Å². The van der Waals surface area contributed by atoms with Crippen molar-refractivity contribution in [1.29, 1.82) is 0 Å². The van der Waals surface area contributed by atoms with Crippen LogP contribution in [0.5, 0.6) is 0 Å². The van der Waals surface area contributed by atoms with Crippen LogP contribution in [0.25, 0.3) is 11.3 Å². The lowest BCUT2D eigenvalue weighted by Crippen LogP contribution is -2.55. The van der Waals surface area contributed by atoms with Crippen molar-refractivity contribution in [2.75, 3.05) is 20.2 Å². The Morgan fingerprint density at radius 3 is 2.96 bits per heavy atom. The zero-order valence-corrected chi connectivity index (χ0v) is 13.4. The van der Waals surface area contributed by atoms with Crippen molar-refractivity contribution in [3.63, 3.8) is 0 Å². The van der Waals surface area contributed by atoms with Crippen LogP contribution in [0.4, 0.5) is 0 Å². The molecule has 1 aliphatic rings. The third-order valence-electron chi connectivity index (χ3n) is 3.98. The summed E-state index contributed by atoms with van der Waals surface area (Å²) in [6.45, 7) is 1.52. The Kier molecular flexibility index (Phi) is 4.90. The van der Waals surface area contributed by atoms with Crippen LogP contribution in [-0.2, 0) is 20.9 Å². The predicted octanol–water partition coefficient (Wildman–Crippen LogP) is 1.21. The summed E-state index contributed by atoms with van der Waals surface area (Å²) in [7, 11) is 1.31. The van der Waals surface area contributed by atoms with Gasteiger partial charge in [-0.2, -0.15) is 0 Å². The second-order valence-electron chi connectivity index (χ2n) is 5.54. The van der Waals surface area contributed by atoms with E-state index in [9.17, 15) is 9.59 Å². The largest absolute Gasteiger partial charge is 0.469 e. The van der Waals surface area contributed by atoms with Crippen LogP contribution in [0.3, 0.4) is 0 Å². The molecule has 1 fully saturated rings. The fourth-order valence-electron chi connectivity index (χ4n) is 2.71. The molecular weight excluding hydrogens is 310 g/mol. The maximum Gasteiger partial charge on any atom is 0.307 e. The summed E-state index contributed by atoms with van der Waals surface area (Å²) in [5.41, 5.74) is 0.943. The second-order valence-corrected chi connectivity index (χ2v) is 5.54. The van der Waals surface area contributed by atoms with Crippen LogP contribution in [0.2, 0.25) is 0 Å². The van der Waals surface area contributed by atoms with Crippen molar-refractivity contribution < 1.29 is 18.7 Å². The highest BCUT2D eigenvalue weighted by Gasteiger charge is 2.32. The van der Waals surface area contributed by atoms with Crippen LogP contribution in [0.1, 0.15) is 12.3 Å². The fourth-order valence-corrected chi connectivity index (χ4v) is 2.71. The molecule has 1 unspecified atom stereocenters. The number of methoxy groups -OCH3 is 1. The predicted molar refractivity (Wildman–Crippen MR) is 85.8 cm³/mol. The van der Waals surface area contributed by atoms with Crippen molar-refractivity contribution in [1.82, 2.24) is 15.2 Å². The third kappa shape index (κ3) is 3.62. The first-order chi connectivity index (χ1) is 11.7. The zero-order chi connectivity index (χ0) is 16.9. The van der Waals surface area contributed by atoms with E-state index in [0.717, 1.165) is 5.56 Å². The van der Waals surface area contributed by atoms with Gasteiger partial charge in [0.15, 0.2) is 5.76 Å². The lowest BCUT2D eigenvalue weighted by molar-refractivity contribution is -0.146. The van der Waals surface area contributed by atoms with Gasteiger partial charge in [0.2, 0.25) is 11.8 Å². The number of rotatable bonds is 5. The Morgan fingerprint density at radius 2 is 2.21 bits per heavy atom. The molecule has 1 aliphatic heterocycles. The molecule has 7 nitrogen and oxygen atoms in total. The van der Waals surface area contributed by atoms with E-state index < -0.39 is 12.0 Å². The quantitative estimate of drug-likeness (QED) is 0.830. The minimum atomic E-state index is -0.571. The first-order valence-corrected chi connectivity index (χ1v) is 7.76. The number of benzene rings is 1. The molecule has 0 spiro atoms. The van der Waals surface area contributed by atoms with E-state index in [0.29, 0.717) is 31.3 Å². The van der Waals surface area contributed by atoms with Crippen molar-refractivity contribution in [2.45, 2.75) is 19.0 Å². The van der Waals surface area contributed by atoms with Crippen molar-refractivity contribution in [2.24, 2.45) is 0 Å². The Labute approximate surface area is 139 Å². The van der Waals surface area contributed by atoms with Gasteiger partial charge in [-0.3, -0.25) is 14.5 Å². The Bertz CT molecular complexity index is 714. The molecule has 1 saturated heterocycles. The van der Waals surface area contributed by atoms with Gasteiger partial charge in [-0.15, -0.1) is 0 Å². The first kappa shape index (κ1) is 16.2. The van der Waals surface area contributed by atoms with Gasteiger partial charge < -0.3 is 14.5 Å². The number of hydrogen-bond acceptors (Lipinski definition) is 6. The van der Waals surface area contributed by atoms with Crippen LogP contribution < -0.4 is 5.32 Å². The van der Waals surface area contributed by atoms with Crippen LogP contribution >= 0.6 is 0 Å². The summed E-state index contributed by atoms with van der Waals surface area (Å²) in [5.74, 6) is 0.593. The fraction of sp³-hybridized carbons (Fsp3) is 0.353. The molecule has 2 aromatic rings. The molecule has 1 amide bonds. The van der Waals surface area contributed by atoms with Gasteiger partial charge in [0, 0.05) is 18.7 Å². The molecule has 24 heavy (non-hydrogen) atoms. The highest BCUT2D eigenvalue weighted by molar-refractivity contribution is 5.87. The number of carbonyl (C=O) groups excluding carboxylic acids is 2. The monoisotopic (exact) mass is 329 g/mol. The third-order valence-corrected chi connectivity index (χ3v) is 3.98. The molecule has 1 N–H and O–H groups in total. The standard InChI is InChI=1S/C17H19N3O4/c1-23-16(21)9-13-17(22)18-7-8-20(13)11-15-19-10-14(24-15)12-5-3-2-4-6-12/h2-6,10,13H,7-9,11H2,1H3,(H,18,22). The summed E-state index contributed by atoms with van der Waals surface area (Å²) in [4.78, 5) is 29.8. The molecule has 126 valence electrons. The summed E-state index contributed by atoms with van der Waals surface area (Å²) in [6.07, 6.45) is 1.68. The van der Waals surface area contributed by atoms with E-state index in [-0.39, 0.29) is 12.3 Å². The molecule has 0 radical (unpaired) electrons. The second kappa shape index (κ2) is 7.27. The lowest BCUT2D eigenvalue weighted by atomic mass is 10.1. The number of hydrogen-bond donors (Lipinski definition) is 1. The van der Waals surface area contributed by atoms with Crippen molar-refractivity contribution >= 4 is 11.9 Å². The lowest BCUT2D eigenvalue weighted by Gasteiger charge is -2.33. The van der Waals surface area contributed by atoms with Gasteiger partial charge in [0.1, 0.15) is 6.04 Å². The van der Waals surface area contributed by atoms with Gasteiger partial charge >= 0.3 is 5.97 Å². The van der Waals surface area contributed by atoms with Gasteiger partial charge in [-0.1, -0.05) is 30.3 Å². The number of amides is 1. The minimum absolute atomic E-state index is 0.00852. The molecule has 0 bridgehead atoms. The SMILES string of the molecule is COC(=O)CC1C(=O)NCCN1Cc1ncc(-c2ccccc2)o1. The van der Waals surface area contributed by atoms with Gasteiger partial charge in [-0.05, 0) is 0 Å². The number of oxazole rings is 1. The maximum atomic E-state index is 12.1. The molecule has 0 saturated carbocycles. The number of nitrogens with zero attached hydrogens (tertiary/aromatic N) is 2. The van der Waals surface area contributed by atoms with E-state index in [1.165, 1.54) is 7.11 Å². The summed E-state index contributed by atoms with van der Waals surface area (Å²) >= 11 is 0. The number of piperazine rings is 1. The molecule has 7 heteroatoms. The van der Waals surface area contributed by atoms with E-state index >= 15 is 0 Å². The highest BCUT2D eigenvalue weighted by Crippen LogP contribution is 2.21. The first-order valence-electron chi connectivity index (χ1n) is 7.76. The smallest absolute Gasteiger partial charge is 0.307 e. The maximum absolute atomic E-state index is 12.1. The van der Waals surface area contributed by atoms with Gasteiger partial charge in [-0.25, -0.2) is 4.98 Å². The summed E-state index contributed by atoms with van der Waals surface area (Å²) in [5, 5.41) is 2.77. The van der Waals surface area contributed by atoms with Crippen LogP contribution in [-0.4, -0.2) is 48.0 Å². The minimum Gasteiger partial charge on any atom is -0.469 e. The Hall–Kier alpha value is -2.67. The molecule has 2 heterocycles. The van der Waals surface area contributed by atoms with Gasteiger partial charge in [0.05, 0.1) is 26.3 Å². The highest BCUT2D eigenvalue weighted by atomic mass is 16.5. The number of esters is 1. The molecule has 1 atom stereocenters. The number of ether oxygens (including phenoxy) is 1. The van der Waals surface area contributed by atoms with Crippen molar-refractivity contribution in [3.05, 3.63) is 42.4 Å². The Balaban J connectivity index is 1.72. The van der Waals surface area contributed by atoms with E-state index in [1.807, 2.05) is 35.2 Å². The molecular formula is C17H19N3O4. The molecule has 3 rings (SSSR count). The van der Waals surface area contributed by atoms with Crippen molar-refractivity contribution in [3.8, 4) is 11.3 Å². The van der Waals surface area contributed by atoms with Gasteiger partial charge in [0.25, 0.3) is 0 Å². The average Bonchev–Trinajstić information content (AvgIpc) is 3.07. The normalized spacial score (nSPS) is 18.2. The number of aromatic nitrogens is 1. The van der Waals surface area contributed by atoms with E-state index in [4.69, 9.17) is 4.42 Å². The van der Waals surface area contributed by atoms with Crippen LogP contribution in [0, 0.1) is 0 Å². The topological polar surface area (TPSA) is 84.7 Å². The zero-order valence-electron chi connectivity index (χ0n) is 13.4. The Morgan fingerprint density at radius 1 is 1.42 bits per heavy atom. The van der Waals surface area contributed by atoms with E-state index in [2.05, 4.69) is 15.0 Å². The summed E-state index contributed by atoms with van der Waals surface area (Å²) in [6, 6.07) is 9.11.